The van der Waals surface area contributed by atoms with Crippen LogP contribution in [0.15, 0.2) is 48.5 Å². The second-order valence-electron chi connectivity index (χ2n) is 4.24. The number of carbonyl (C=O) groups excluding carboxylic acids is 1. The monoisotopic (exact) mass is 306 g/mol. The van der Waals surface area contributed by atoms with Crippen LogP contribution in [0.4, 0.5) is 0 Å². The highest BCUT2D eigenvalue weighted by Crippen LogP contribution is 2.22. The second-order valence-corrected chi connectivity index (χ2v) is 5.63. The standard InChI is InChI=1S/C16H15ClO2S/c1-19-14-7-4-6-12(9-14)16(18)11-20-10-13-5-2-3-8-15(13)17/h2-9H,10-11H2,1H3. The largest absolute Gasteiger partial charge is 0.497 e. The Morgan fingerprint density at radius 3 is 2.75 bits per heavy atom. The van der Waals surface area contributed by atoms with Gasteiger partial charge in [-0.25, -0.2) is 0 Å². The summed E-state index contributed by atoms with van der Waals surface area (Å²) in [6.45, 7) is 0. The maximum atomic E-state index is 12.1. The average molecular weight is 307 g/mol. The van der Waals surface area contributed by atoms with Gasteiger partial charge in [-0.3, -0.25) is 4.79 Å². The van der Waals surface area contributed by atoms with Crippen molar-refractivity contribution in [3.8, 4) is 5.75 Å². The van der Waals surface area contributed by atoms with Crippen molar-refractivity contribution in [1.29, 1.82) is 0 Å². The van der Waals surface area contributed by atoms with Crippen molar-refractivity contribution in [2.24, 2.45) is 0 Å². The molecule has 0 spiro atoms. The van der Waals surface area contributed by atoms with E-state index in [1.54, 1.807) is 31.0 Å². The quantitative estimate of drug-likeness (QED) is 0.737. The molecule has 0 saturated heterocycles. The predicted molar refractivity (Wildman–Crippen MR) is 84.9 cm³/mol. The minimum absolute atomic E-state index is 0.0981. The molecule has 0 bridgehead atoms. The molecule has 2 rings (SSSR count). The molecule has 20 heavy (non-hydrogen) atoms. The van der Waals surface area contributed by atoms with Gasteiger partial charge in [-0.05, 0) is 23.8 Å². The molecule has 0 aliphatic heterocycles. The van der Waals surface area contributed by atoms with E-state index in [0.29, 0.717) is 17.1 Å². The molecule has 0 radical (unpaired) electrons. The Hall–Kier alpha value is -1.45. The third kappa shape index (κ3) is 4.02. The summed E-state index contributed by atoms with van der Waals surface area (Å²) in [6.07, 6.45) is 0. The Morgan fingerprint density at radius 2 is 2.00 bits per heavy atom. The minimum atomic E-state index is 0.0981. The number of ether oxygens (including phenoxy) is 1. The van der Waals surface area contributed by atoms with E-state index in [4.69, 9.17) is 16.3 Å². The van der Waals surface area contributed by atoms with Gasteiger partial charge in [0.25, 0.3) is 0 Å². The van der Waals surface area contributed by atoms with Gasteiger partial charge in [0.2, 0.25) is 0 Å². The number of halogens is 1. The van der Waals surface area contributed by atoms with Gasteiger partial charge in [0, 0.05) is 16.3 Å². The van der Waals surface area contributed by atoms with Crippen LogP contribution in [-0.4, -0.2) is 18.6 Å². The van der Waals surface area contributed by atoms with Crippen molar-refractivity contribution in [3.63, 3.8) is 0 Å². The molecule has 0 saturated carbocycles. The number of Topliss-reactive ketones (excluding diaryl/α,β-unsaturated/α-hetero) is 1. The van der Waals surface area contributed by atoms with Gasteiger partial charge in [-0.1, -0.05) is 41.9 Å². The molecular formula is C16H15ClO2S. The van der Waals surface area contributed by atoms with Crippen LogP contribution in [0.3, 0.4) is 0 Å². The molecule has 2 aromatic rings. The van der Waals surface area contributed by atoms with Crippen LogP contribution >= 0.6 is 23.4 Å². The smallest absolute Gasteiger partial charge is 0.172 e. The number of hydrogen-bond donors (Lipinski definition) is 0. The number of thioether (sulfide) groups is 1. The van der Waals surface area contributed by atoms with Crippen molar-refractivity contribution < 1.29 is 9.53 Å². The number of rotatable bonds is 6. The molecule has 0 aliphatic carbocycles. The normalized spacial score (nSPS) is 10.3. The van der Waals surface area contributed by atoms with Crippen LogP contribution in [0.2, 0.25) is 5.02 Å². The number of ketones is 1. The summed E-state index contributed by atoms with van der Waals surface area (Å²) in [5.74, 6) is 1.96. The third-order valence-electron chi connectivity index (χ3n) is 2.84. The first-order chi connectivity index (χ1) is 9.70. The van der Waals surface area contributed by atoms with E-state index in [2.05, 4.69) is 0 Å². The van der Waals surface area contributed by atoms with Gasteiger partial charge < -0.3 is 4.74 Å². The summed E-state index contributed by atoms with van der Waals surface area (Å²) in [6, 6.07) is 14.9. The fraction of sp³-hybridized carbons (Fsp3) is 0.188. The molecule has 0 fully saturated rings. The van der Waals surface area contributed by atoms with Crippen molar-refractivity contribution in [2.45, 2.75) is 5.75 Å². The van der Waals surface area contributed by atoms with Crippen LogP contribution < -0.4 is 4.74 Å². The SMILES string of the molecule is COc1cccc(C(=O)CSCc2ccccc2Cl)c1. The van der Waals surface area contributed by atoms with Crippen LogP contribution in [0, 0.1) is 0 Å². The summed E-state index contributed by atoms with van der Waals surface area (Å²) >= 11 is 7.64. The highest BCUT2D eigenvalue weighted by atomic mass is 35.5. The summed E-state index contributed by atoms with van der Waals surface area (Å²) in [7, 11) is 1.59. The van der Waals surface area contributed by atoms with Crippen LogP contribution in [0.25, 0.3) is 0 Å². The summed E-state index contributed by atoms with van der Waals surface area (Å²) in [5.41, 5.74) is 1.73. The van der Waals surface area contributed by atoms with Crippen molar-refractivity contribution in [2.75, 3.05) is 12.9 Å². The zero-order chi connectivity index (χ0) is 14.4. The first-order valence-electron chi connectivity index (χ1n) is 6.19. The maximum absolute atomic E-state index is 12.1. The maximum Gasteiger partial charge on any atom is 0.172 e. The molecule has 0 unspecified atom stereocenters. The average Bonchev–Trinajstić information content (AvgIpc) is 2.49. The van der Waals surface area contributed by atoms with Gasteiger partial charge >= 0.3 is 0 Å². The van der Waals surface area contributed by atoms with E-state index in [1.807, 2.05) is 36.4 Å². The lowest BCUT2D eigenvalue weighted by Crippen LogP contribution is -2.03. The molecule has 2 aromatic carbocycles. The lowest BCUT2D eigenvalue weighted by molar-refractivity contribution is 0.102. The predicted octanol–water partition coefficient (Wildman–Crippen LogP) is 4.46. The molecule has 0 aliphatic rings. The van der Waals surface area contributed by atoms with E-state index in [-0.39, 0.29) is 5.78 Å². The Balaban J connectivity index is 1.91. The molecule has 2 nitrogen and oxygen atoms in total. The van der Waals surface area contributed by atoms with Gasteiger partial charge in [-0.15, -0.1) is 11.8 Å². The fourth-order valence-electron chi connectivity index (χ4n) is 1.75. The summed E-state index contributed by atoms with van der Waals surface area (Å²) < 4.78 is 5.12. The lowest BCUT2D eigenvalue weighted by atomic mass is 10.1. The molecule has 0 atom stereocenters. The van der Waals surface area contributed by atoms with Crippen molar-refractivity contribution >= 4 is 29.1 Å². The first kappa shape index (κ1) is 14.9. The summed E-state index contributed by atoms with van der Waals surface area (Å²) in [4.78, 5) is 12.1. The number of methoxy groups -OCH3 is 1. The van der Waals surface area contributed by atoms with Gasteiger partial charge in [0.1, 0.15) is 5.75 Å². The van der Waals surface area contributed by atoms with E-state index in [9.17, 15) is 4.79 Å². The number of hydrogen-bond acceptors (Lipinski definition) is 3. The molecule has 0 N–H and O–H groups in total. The summed E-state index contributed by atoms with van der Waals surface area (Å²) in [5, 5.41) is 0.744. The van der Waals surface area contributed by atoms with Gasteiger partial charge in [0.05, 0.1) is 12.9 Å². The molecule has 0 amide bonds. The Morgan fingerprint density at radius 1 is 1.20 bits per heavy atom. The highest BCUT2D eigenvalue weighted by molar-refractivity contribution is 7.99. The third-order valence-corrected chi connectivity index (χ3v) is 4.19. The van der Waals surface area contributed by atoms with Crippen molar-refractivity contribution in [1.82, 2.24) is 0 Å². The Bertz CT molecular complexity index is 599. The molecular weight excluding hydrogens is 292 g/mol. The minimum Gasteiger partial charge on any atom is -0.497 e. The van der Waals surface area contributed by atoms with Crippen LogP contribution in [0.1, 0.15) is 15.9 Å². The van der Waals surface area contributed by atoms with Crippen molar-refractivity contribution in [3.05, 3.63) is 64.7 Å². The molecule has 0 aromatic heterocycles. The zero-order valence-electron chi connectivity index (χ0n) is 11.1. The zero-order valence-corrected chi connectivity index (χ0v) is 12.7. The molecule has 104 valence electrons. The topological polar surface area (TPSA) is 26.3 Å². The number of benzene rings is 2. The van der Waals surface area contributed by atoms with E-state index in [1.165, 1.54) is 0 Å². The first-order valence-corrected chi connectivity index (χ1v) is 7.72. The molecule has 0 heterocycles. The number of carbonyl (C=O) groups is 1. The van der Waals surface area contributed by atoms with Gasteiger partial charge in [-0.2, -0.15) is 0 Å². The Labute approximate surface area is 128 Å². The van der Waals surface area contributed by atoms with E-state index >= 15 is 0 Å². The second kappa shape index (κ2) is 7.36. The lowest BCUT2D eigenvalue weighted by Gasteiger charge is -2.05. The van der Waals surface area contributed by atoms with E-state index < -0.39 is 0 Å². The van der Waals surface area contributed by atoms with Crippen LogP contribution in [-0.2, 0) is 5.75 Å². The fourth-order valence-corrected chi connectivity index (χ4v) is 2.96. The molecule has 4 heteroatoms. The Kier molecular flexibility index (Phi) is 5.50. The van der Waals surface area contributed by atoms with E-state index in [0.717, 1.165) is 16.3 Å². The highest BCUT2D eigenvalue weighted by Gasteiger charge is 2.08. The van der Waals surface area contributed by atoms with Gasteiger partial charge in [0.15, 0.2) is 5.78 Å². The van der Waals surface area contributed by atoms with Crippen LogP contribution in [0.5, 0.6) is 5.75 Å².